The Kier molecular flexibility index (Phi) is 12.9. The van der Waals surface area contributed by atoms with Crippen molar-refractivity contribution in [3.05, 3.63) is 0 Å². The molecule has 0 saturated carbocycles. The number of aliphatic hydroxyl groups is 1. The largest absolute Gasteiger partial charge is 0.462 e. The van der Waals surface area contributed by atoms with Crippen LogP contribution >= 0.6 is 0 Å². The third-order valence-electron chi connectivity index (χ3n) is 6.29. The van der Waals surface area contributed by atoms with E-state index in [2.05, 4.69) is 9.47 Å². The van der Waals surface area contributed by atoms with Crippen LogP contribution in [-0.2, 0) is 28.6 Å². The molecule has 0 bridgehead atoms. The van der Waals surface area contributed by atoms with E-state index >= 15 is 0 Å². The molecule has 7 nitrogen and oxygen atoms in total. The molecule has 0 aliphatic carbocycles. The second-order valence-corrected chi connectivity index (χ2v) is 11.2. The third-order valence-corrected chi connectivity index (χ3v) is 6.29. The molecule has 0 aliphatic rings. The van der Waals surface area contributed by atoms with Gasteiger partial charge < -0.3 is 19.3 Å². The van der Waals surface area contributed by atoms with Gasteiger partial charge in [0, 0.05) is 6.42 Å². The lowest BCUT2D eigenvalue weighted by molar-refractivity contribution is -0.374. The molecule has 1 N–H and O–H groups in total. The zero-order chi connectivity index (χ0) is 34.6. The summed E-state index contributed by atoms with van der Waals surface area (Å²) in [7, 11) is 0. The molecular weight excluding hydrogens is 628 g/mol. The van der Waals surface area contributed by atoms with Crippen molar-refractivity contribution in [3.8, 4) is 0 Å². The number of rotatable bonds is 13. The van der Waals surface area contributed by atoms with Crippen molar-refractivity contribution in [2.45, 2.75) is 110 Å². The monoisotopic (exact) mass is 660 g/mol. The van der Waals surface area contributed by atoms with Crippen molar-refractivity contribution in [1.29, 1.82) is 0 Å². The smallest absolute Gasteiger partial charge is 0.434 e. The first-order chi connectivity index (χ1) is 18.8. The van der Waals surface area contributed by atoms with Gasteiger partial charge in [0.1, 0.15) is 6.10 Å². The molecule has 0 fully saturated rings. The molecule has 0 saturated heterocycles. The minimum atomic E-state index is -6.20. The predicted octanol–water partition coefficient (Wildman–Crippen LogP) is 6.60. The topological polar surface area (TPSA) is 99.1 Å². The van der Waals surface area contributed by atoms with Gasteiger partial charge in [-0.25, -0.2) is 4.79 Å². The summed E-state index contributed by atoms with van der Waals surface area (Å²) < 4.78 is 168. The number of hydrogen-bond acceptors (Lipinski definition) is 7. The van der Waals surface area contributed by atoms with Crippen molar-refractivity contribution < 1.29 is 86.4 Å². The van der Waals surface area contributed by atoms with Crippen molar-refractivity contribution in [1.82, 2.24) is 0 Å². The van der Waals surface area contributed by atoms with Gasteiger partial charge in [-0.05, 0) is 46.0 Å². The first kappa shape index (κ1) is 40.5. The van der Waals surface area contributed by atoms with Crippen molar-refractivity contribution in [2.75, 3.05) is 6.61 Å². The van der Waals surface area contributed by atoms with E-state index in [4.69, 9.17) is 4.74 Å². The Labute approximate surface area is 238 Å². The molecule has 0 aromatic heterocycles. The summed E-state index contributed by atoms with van der Waals surface area (Å²) in [6.07, 6.45) is -34.6. The Morgan fingerprint density at radius 2 is 1.19 bits per heavy atom. The van der Waals surface area contributed by atoms with Gasteiger partial charge in [-0.3, -0.25) is 9.59 Å². The van der Waals surface area contributed by atoms with Crippen molar-refractivity contribution in [3.63, 3.8) is 0 Å². The molecule has 254 valence electrons. The van der Waals surface area contributed by atoms with E-state index in [1.165, 1.54) is 20.8 Å². The molecule has 2 unspecified atom stereocenters. The number of carbonyl (C=O) groups is 3. The molecular formula is C24H32F12O7. The molecule has 0 radical (unpaired) electrons. The molecule has 0 spiro atoms. The van der Waals surface area contributed by atoms with Crippen LogP contribution in [-0.4, -0.2) is 72.1 Å². The summed E-state index contributed by atoms with van der Waals surface area (Å²) in [5.74, 6) is -5.67. The molecule has 43 heavy (non-hydrogen) atoms. The summed E-state index contributed by atoms with van der Waals surface area (Å²) in [4.78, 5) is 37.1. The van der Waals surface area contributed by atoms with Crippen molar-refractivity contribution >= 4 is 17.9 Å². The highest BCUT2D eigenvalue weighted by molar-refractivity contribution is 5.82. The van der Waals surface area contributed by atoms with E-state index < -0.39 is 103 Å². The number of ether oxygens (including phenoxy) is 3. The fraction of sp³-hybridized carbons (Fsp3) is 0.875. The summed E-state index contributed by atoms with van der Waals surface area (Å²) in [5, 5.41) is 9.58. The van der Waals surface area contributed by atoms with Crippen LogP contribution in [0.5, 0.6) is 0 Å². The maximum atomic E-state index is 13.3. The molecule has 0 aromatic carbocycles. The van der Waals surface area contributed by atoms with E-state index in [0.29, 0.717) is 0 Å². The standard InChI is InChI=1S/C24H32F12O7/c1-7-19(6,17(39)42-13(8-12(2)3)9-20(40,23(31,32)33)24(34,35)36)11-18(4,5)16(38)41-10-14(37)43-15(21(25,26)27)22(28,29)30/h12-13,15,40H,7-11H2,1-6H3. The fourth-order valence-electron chi connectivity index (χ4n) is 3.91. The second kappa shape index (κ2) is 13.7. The highest BCUT2D eigenvalue weighted by atomic mass is 19.4. The highest BCUT2D eigenvalue weighted by Crippen LogP contribution is 2.47. The van der Waals surface area contributed by atoms with Gasteiger partial charge in [0.2, 0.25) is 0 Å². The number of hydrogen-bond donors (Lipinski definition) is 1. The van der Waals surface area contributed by atoms with E-state index in [9.17, 15) is 72.2 Å². The van der Waals surface area contributed by atoms with Crippen LogP contribution in [0.15, 0.2) is 0 Å². The first-order valence-corrected chi connectivity index (χ1v) is 12.4. The molecule has 0 amide bonds. The summed E-state index contributed by atoms with van der Waals surface area (Å²) in [6, 6.07) is 0. The average molecular weight is 660 g/mol. The van der Waals surface area contributed by atoms with Gasteiger partial charge in [0.25, 0.3) is 11.7 Å². The Morgan fingerprint density at radius 3 is 1.53 bits per heavy atom. The van der Waals surface area contributed by atoms with Gasteiger partial charge >= 0.3 is 42.6 Å². The van der Waals surface area contributed by atoms with Crippen LogP contribution in [0.1, 0.15) is 67.2 Å². The zero-order valence-electron chi connectivity index (χ0n) is 23.7. The molecule has 0 heterocycles. The predicted molar refractivity (Wildman–Crippen MR) is 121 cm³/mol. The fourth-order valence-corrected chi connectivity index (χ4v) is 3.91. The minimum absolute atomic E-state index is 0.249. The number of esters is 3. The minimum Gasteiger partial charge on any atom is -0.462 e. The van der Waals surface area contributed by atoms with Crippen LogP contribution in [0.2, 0.25) is 0 Å². The van der Waals surface area contributed by atoms with Crippen LogP contribution in [0.4, 0.5) is 52.7 Å². The van der Waals surface area contributed by atoms with Crippen molar-refractivity contribution in [2.24, 2.45) is 16.7 Å². The molecule has 19 heteroatoms. The van der Waals surface area contributed by atoms with Gasteiger partial charge in [0.15, 0.2) is 6.61 Å². The van der Waals surface area contributed by atoms with Crippen LogP contribution in [0.3, 0.4) is 0 Å². The number of halogens is 12. The highest BCUT2D eigenvalue weighted by Gasteiger charge is 2.71. The second-order valence-electron chi connectivity index (χ2n) is 11.2. The molecule has 2 atom stereocenters. The Bertz CT molecular complexity index is 940. The number of alkyl halides is 12. The summed E-state index contributed by atoms with van der Waals surface area (Å²) >= 11 is 0. The zero-order valence-corrected chi connectivity index (χ0v) is 23.7. The molecule has 0 rings (SSSR count). The van der Waals surface area contributed by atoms with Gasteiger partial charge in [0.05, 0.1) is 10.8 Å². The van der Waals surface area contributed by atoms with E-state index in [0.717, 1.165) is 20.8 Å². The number of carbonyl (C=O) groups excluding carboxylic acids is 3. The van der Waals surface area contributed by atoms with Crippen LogP contribution in [0, 0.1) is 16.7 Å². The quantitative estimate of drug-likeness (QED) is 0.135. The summed E-state index contributed by atoms with van der Waals surface area (Å²) in [6.45, 7) is 5.63. The lowest BCUT2D eigenvalue weighted by atomic mass is 9.72. The normalized spacial score (nSPS) is 16.1. The van der Waals surface area contributed by atoms with Crippen LogP contribution in [0.25, 0.3) is 0 Å². The van der Waals surface area contributed by atoms with E-state index in [-0.39, 0.29) is 6.42 Å². The first-order valence-electron chi connectivity index (χ1n) is 12.4. The van der Waals surface area contributed by atoms with Gasteiger partial charge in [-0.2, -0.15) is 52.7 Å². The summed E-state index contributed by atoms with van der Waals surface area (Å²) in [5.41, 5.74) is -8.95. The van der Waals surface area contributed by atoms with Crippen LogP contribution < -0.4 is 0 Å². The average Bonchev–Trinajstić information content (AvgIpc) is 2.76. The van der Waals surface area contributed by atoms with Gasteiger partial charge in [-0.15, -0.1) is 0 Å². The Hall–Kier alpha value is -2.47. The maximum absolute atomic E-state index is 13.3. The Morgan fingerprint density at radius 1 is 0.744 bits per heavy atom. The van der Waals surface area contributed by atoms with E-state index in [1.807, 2.05) is 0 Å². The lowest BCUT2D eigenvalue weighted by Gasteiger charge is -2.38. The van der Waals surface area contributed by atoms with E-state index in [1.54, 1.807) is 0 Å². The third kappa shape index (κ3) is 11.2. The maximum Gasteiger partial charge on any atom is 0.434 e. The lowest BCUT2D eigenvalue weighted by Crippen LogP contribution is -2.59. The molecule has 0 aromatic rings. The Balaban J connectivity index is 5.83. The SMILES string of the molecule is CCC(C)(CC(C)(C)C(=O)OCC(=O)OC(C(F)(F)F)C(F)(F)F)C(=O)OC(CC(C)C)CC(O)(C(F)(F)F)C(F)(F)F. The molecule has 0 aliphatic heterocycles. The van der Waals surface area contributed by atoms with Gasteiger partial charge in [-0.1, -0.05) is 20.8 Å².